The number of hydrogen-bond acceptors (Lipinski definition) is 4. The Balaban J connectivity index is 2.36. The minimum atomic E-state index is -3.69. The highest BCUT2D eigenvalue weighted by molar-refractivity contribution is 7.90. The number of benzene rings is 1. The van der Waals surface area contributed by atoms with Crippen LogP contribution in [0.4, 0.5) is 5.69 Å². The number of amides is 1. The quantitative estimate of drug-likeness (QED) is 0.664. The van der Waals surface area contributed by atoms with E-state index in [-0.39, 0.29) is 17.0 Å². The molecule has 18 heavy (non-hydrogen) atoms. The number of nitrogens with zero attached hydrogens (tertiary/aromatic N) is 1. The number of nitrogens with two attached hydrogens (primary N) is 1. The monoisotopic (exact) mass is 268 g/mol. The first kappa shape index (κ1) is 12.9. The Labute approximate surface area is 107 Å². The topological polar surface area (TPSA) is 80.5 Å². The second kappa shape index (κ2) is 4.61. The van der Waals surface area contributed by atoms with E-state index in [1.54, 1.807) is 6.07 Å². The van der Waals surface area contributed by atoms with Gasteiger partial charge in [-0.3, -0.25) is 4.79 Å². The van der Waals surface area contributed by atoms with Crippen LogP contribution in [0.3, 0.4) is 0 Å². The zero-order valence-electron chi connectivity index (χ0n) is 10.2. The number of nitrogen functional groups attached to an aromatic ring is 1. The van der Waals surface area contributed by atoms with Gasteiger partial charge in [0, 0.05) is 12.2 Å². The summed E-state index contributed by atoms with van der Waals surface area (Å²) in [7, 11) is -3.69. The van der Waals surface area contributed by atoms with Gasteiger partial charge in [-0.25, -0.2) is 12.7 Å². The lowest BCUT2D eigenvalue weighted by molar-refractivity contribution is 0.0869. The zero-order valence-corrected chi connectivity index (χ0v) is 11.0. The van der Waals surface area contributed by atoms with Crippen molar-refractivity contribution in [1.29, 1.82) is 0 Å². The van der Waals surface area contributed by atoms with Crippen LogP contribution >= 0.6 is 0 Å². The summed E-state index contributed by atoms with van der Waals surface area (Å²) in [5, 5.41) is 0. The van der Waals surface area contributed by atoms with Gasteiger partial charge in [-0.1, -0.05) is 19.8 Å². The van der Waals surface area contributed by atoms with Crippen molar-refractivity contribution >= 4 is 21.6 Å². The summed E-state index contributed by atoms with van der Waals surface area (Å²) in [6.07, 6.45) is 2.56. The first-order valence-corrected chi connectivity index (χ1v) is 7.39. The molecule has 1 heterocycles. The molecule has 0 bridgehead atoms. The summed E-state index contributed by atoms with van der Waals surface area (Å²) in [5.41, 5.74) is 6.14. The molecule has 0 atom stereocenters. The predicted octanol–water partition coefficient (Wildman–Crippen LogP) is 1.60. The molecule has 0 radical (unpaired) electrons. The molecule has 0 unspecified atom stereocenters. The van der Waals surface area contributed by atoms with Crippen molar-refractivity contribution in [3.63, 3.8) is 0 Å². The van der Waals surface area contributed by atoms with Gasteiger partial charge in [-0.2, -0.15) is 0 Å². The van der Waals surface area contributed by atoms with E-state index < -0.39 is 15.9 Å². The number of hydrogen-bond donors (Lipinski definition) is 1. The van der Waals surface area contributed by atoms with E-state index in [2.05, 4.69) is 0 Å². The van der Waals surface area contributed by atoms with Gasteiger partial charge in [0.1, 0.15) is 4.90 Å². The van der Waals surface area contributed by atoms with Crippen LogP contribution in [0, 0.1) is 0 Å². The number of anilines is 1. The number of sulfonamides is 1. The highest BCUT2D eigenvalue weighted by Crippen LogP contribution is 2.31. The molecule has 6 heteroatoms. The molecule has 1 aliphatic rings. The number of carbonyl (C=O) groups is 1. The fourth-order valence-electron chi connectivity index (χ4n) is 2.02. The summed E-state index contributed by atoms with van der Waals surface area (Å²) in [6, 6.07) is 4.37. The predicted molar refractivity (Wildman–Crippen MR) is 68.6 cm³/mol. The lowest BCUT2D eigenvalue weighted by atomic mass is 10.2. The van der Waals surface area contributed by atoms with Crippen molar-refractivity contribution in [2.75, 3.05) is 12.3 Å². The highest BCUT2D eigenvalue weighted by atomic mass is 32.2. The molecule has 5 nitrogen and oxygen atoms in total. The molecular weight excluding hydrogens is 252 g/mol. The molecule has 0 saturated carbocycles. The van der Waals surface area contributed by atoms with Crippen molar-refractivity contribution in [1.82, 2.24) is 4.31 Å². The van der Waals surface area contributed by atoms with Gasteiger partial charge in [0.05, 0.1) is 5.56 Å². The normalized spacial score (nSPS) is 16.9. The van der Waals surface area contributed by atoms with Crippen LogP contribution in [0.1, 0.15) is 36.5 Å². The lowest BCUT2D eigenvalue weighted by Gasteiger charge is -2.14. The molecule has 1 aromatic rings. The maximum Gasteiger partial charge on any atom is 0.269 e. The van der Waals surface area contributed by atoms with Gasteiger partial charge < -0.3 is 5.73 Å². The molecule has 0 aromatic heterocycles. The number of fused-ring (bicyclic) bond motifs is 1. The van der Waals surface area contributed by atoms with Crippen molar-refractivity contribution < 1.29 is 13.2 Å². The van der Waals surface area contributed by atoms with Gasteiger partial charge in [-0.05, 0) is 24.6 Å². The van der Waals surface area contributed by atoms with Gasteiger partial charge >= 0.3 is 0 Å². The molecule has 0 spiro atoms. The molecule has 0 saturated heterocycles. The first-order chi connectivity index (χ1) is 8.48. The van der Waals surface area contributed by atoms with E-state index >= 15 is 0 Å². The summed E-state index contributed by atoms with van der Waals surface area (Å²) in [6.45, 7) is 2.26. The van der Waals surface area contributed by atoms with Gasteiger partial charge in [0.15, 0.2) is 0 Å². The van der Waals surface area contributed by atoms with E-state index in [9.17, 15) is 13.2 Å². The molecule has 0 fully saturated rings. The van der Waals surface area contributed by atoms with E-state index in [4.69, 9.17) is 5.73 Å². The molecular formula is C12H16N2O3S. The fraction of sp³-hybridized carbons (Fsp3) is 0.417. The Hall–Kier alpha value is -1.56. The summed E-state index contributed by atoms with van der Waals surface area (Å²) >= 11 is 0. The Kier molecular flexibility index (Phi) is 3.30. The van der Waals surface area contributed by atoms with Crippen LogP contribution in [-0.2, 0) is 10.0 Å². The molecule has 1 amide bonds. The van der Waals surface area contributed by atoms with Gasteiger partial charge in [0.25, 0.3) is 15.9 Å². The fourth-order valence-corrected chi connectivity index (χ4v) is 3.66. The standard InChI is InChI=1S/C12H16N2O3S/c1-2-3-4-7-14-12(15)10-6-5-9(13)8-11(10)18(14,16)17/h5-6,8H,2-4,7,13H2,1H3. The van der Waals surface area contributed by atoms with Gasteiger partial charge in [0.2, 0.25) is 0 Å². The summed E-state index contributed by atoms with van der Waals surface area (Å²) in [4.78, 5) is 12.1. The minimum Gasteiger partial charge on any atom is -0.399 e. The molecule has 1 aromatic carbocycles. The second-order valence-electron chi connectivity index (χ2n) is 4.35. The Morgan fingerprint density at radius 1 is 1.28 bits per heavy atom. The molecule has 2 N–H and O–H groups in total. The summed E-state index contributed by atoms with van der Waals surface area (Å²) < 4.78 is 25.3. The molecule has 98 valence electrons. The molecule has 2 rings (SSSR count). The maximum absolute atomic E-state index is 12.2. The lowest BCUT2D eigenvalue weighted by Crippen LogP contribution is -2.30. The number of carbonyl (C=O) groups excluding carboxylic acids is 1. The van der Waals surface area contributed by atoms with Crippen LogP contribution in [-0.4, -0.2) is 25.2 Å². The van der Waals surface area contributed by atoms with Crippen molar-refractivity contribution in [3.05, 3.63) is 23.8 Å². The average Bonchev–Trinajstić information content (AvgIpc) is 2.50. The third-order valence-corrected chi connectivity index (χ3v) is 4.82. The van der Waals surface area contributed by atoms with E-state index in [1.807, 2.05) is 6.92 Å². The van der Waals surface area contributed by atoms with E-state index in [1.165, 1.54) is 12.1 Å². The van der Waals surface area contributed by atoms with Crippen LogP contribution in [0.5, 0.6) is 0 Å². The number of rotatable bonds is 4. The molecule has 0 aliphatic carbocycles. The average molecular weight is 268 g/mol. The SMILES string of the molecule is CCCCCN1C(=O)c2ccc(N)cc2S1(=O)=O. The molecule has 1 aliphatic heterocycles. The van der Waals surface area contributed by atoms with Crippen molar-refractivity contribution in [2.45, 2.75) is 31.1 Å². The summed E-state index contributed by atoms with van der Waals surface area (Å²) in [5.74, 6) is -0.443. The Bertz CT molecular complexity index is 581. The zero-order chi connectivity index (χ0) is 13.3. The van der Waals surface area contributed by atoms with Crippen LogP contribution in [0.2, 0.25) is 0 Å². The van der Waals surface area contributed by atoms with Gasteiger partial charge in [-0.15, -0.1) is 0 Å². The first-order valence-electron chi connectivity index (χ1n) is 5.95. The smallest absolute Gasteiger partial charge is 0.269 e. The minimum absolute atomic E-state index is 0.0315. The van der Waals surface area contributed by atoms with Crippen LogP contribution in [0.15, 0.2) is 23.1 Å². The van der Waals surface area contributed by atoms with E-state index in [0.29, 0.717) is 12.1 Å². The largest absolute Gasteiger partial charge is 0.399 e. The second-order valence-corrected chi connectivity index (χ2v) is 6.18. The van der Waals surface area contributed by atoms with Crippen molar-refractivity contribution in [2.24, 2.45) is 0 Å². The Morgan fingerprint density at radius 3 is 2.67 bits per heavy atom. The van der Waals surface area contributed by atoms with Crippen molar-refractivity contribution in [3.8, 4) is 0 Å². The third kappa shape index (κ3) is 1.96. The Morgan fingerprint density at radius 2 is 2.00 bits per heavy atom. The maximum atomic E-state index is 12.2. The van der Waals surface area contributed by atoms with E-state index in [0.717, 1.165) is 17.1 Å². The third-order valence-electron chi connectivity index (χ3n) is 3.00. The number of unbranched alkanes of at least 4 members (excludes halogenated alkanes) is 2. The van der Waals surface area contributed by atoms with Crippen LogP contribution < -0.4 is 5.73 Å². The van der Waals surface area contributed by atoms with Crippen LogP contribution in [0.25, 0.3) is 0 Å². The highest BCUT2D eigenvalue weighted by Gasteiger charge is 2.40.